The second-order valence-corrected chi connectivity index (χ2v) is 7.59. The molecular weight excluding hydrogens is 316 g/mol. The van der Waals surface area contributed by atoms with Crippen molar-refractivity contribution >= 4 is 22.5 Å². The maximum Gasteiger partial charge on any atom is 0.324 e. The molecule has 7 nitrogen and oxygen atoms in total. The molecule has 2 bridgehead atoms. The number of carbonyl (C=O) groups excluding carboxylic acids is 1. The molecule has 0 radical (unpaired) electrons. The molecule has 2 aromatic rings. The fraction of sp³-hybridized carbons (Fsp3) is 0.533. The topological polar surface area (TPSA) is 91.5 Å². The fourth-order valence-electron chi connectivity index (χ4n) is 4.59. The van der Waals surface area contributed by atoms with Crippen LogP contribution in [0.2, 0.25) is 0 Å². The summed E-state index contributed by atoms with van der Waals surface area (Å²) in [5.41, 5.74) is 0. The molecule has 1 aliphatic heterocycles. The van der Waals surface area contributed by atoms with Gasteiger partial charge in [0.1, 0.15) is 0 Å². The summed E-state index contributed by atoms with van der Waals surface area (Å²) in [5, 5.41) is 22.3. The standard InChI is InChI=1S/C15H16N4O3S/c20-12-7-4-8-6-19(11(12)9(8)5-7)15(21)16-14-18-17-13(23-14)10-2-1-3-22-10/h1-3,7-9,11-12,20H,4-6H2,(H,16,18,21). The lowest BCUT2D eigenvalue weighted by molar-refractivity contribution is 0.0631. The zero-order chi connectivity index (χ0) is 15.6. The Morgan fingerprint density at radius 3 is 3.09 bits per heavy atom. The number of hydrogen-bond acceptors (Lipinski definition) is 6. The van der Waals surface area contributed by atoms with Crippen molar-refractivity contribution in [2.24, 2.45) is 17.8 Å². The molecule has 5 atom stereocenters. The molecule has 3 heterocycles. The van der Waals surface area contributed by atoms with Gasteiger partial charge in [-0.3, -0.25) is 5.32 Å². The summed E-state index contributed by atoms with van der Waals surface area (Å²) < 4.78 is 5.28. The van der Waals surface area contributed by atoms with Crippen LogP contribution in [0.1, 0.15) is 12.8 Å². The highest BCUT2D eigenvalue weighted by molar-refractivity contribution is 7.18. The number of amides is 2. The summed E-state index contributed by atoms with van der Waals surface area (Å²) >= 11 is 1.28. The molecule has 2 N–H and O–H groups in total. The van der Waals surface area contributed by atoms with Gasteiger partial charge < -0.3 is 14.4 Å². The van der Waals surface area contributed by atoms with Gasteiger partial charge in [-0.15, -0.1) is 10.2 Å². The predicted molar refractivity (Wildman–Crippen MR) is 82.8 cm³/mol. The molecule has 2 saturated carbocycles. The van der Waals surface area contributed by atoms with Crippen molar-refractivity contribution in [3.8, 4) is 10.8 Å². The molecule has 5 unspecified atom stereocenters. The third kappa shape index (κ3) is 1.94. The molecule has 8 heteroatoms. The number of likely N-dealkylation sites (tertiary alicyclic amines) is 1. The zero-order valence-corrected chi connectivity index (χ0v) is 13.1. The number of aromatic nitrogens is 2. The van der Waals surface area contributed by atoms with Crippen LogP contribution in [0.5, 0.6) is 0 Å². The molecule has 3 aliphatic rings. The van der Waals surface area contributed by atoms with Crippen LogP contribution in [-0.4, -0.2) is 44.9 Å². The summed E-state index contributed by atoms with van der Waals surface area (Å²) in [5.74, 6) is 2.03. The van der Waals surface area contributed by atoms with Crippen molar-refractivity contribution in [3.05, 3.63) is 18.4 Å². The normalized spacial score (nSPS) is 34.3. The Hall–Kier alpha value is -1.93. The molecule has 5 rings (SSSR count). The van der Waals surface area contributed by atoms with Gasteiger partial charge in [-0.05, 0) is 42.7 Å². The van der Waals surface area contributed by atoms with E-state index in [-0.39, 0.29) is 18.2 Å². The number of nitrogens with zero attached hydrogens (tertiary/aromatic N) is 3. The Balaban J connectivity index is 1.33. The van der Waals surface area contributed by atoms with Crippen LogP contribution in [0.4, 0.5) is 9.93 Å². The number of urea groups is 1. The number of hydrogen-bond donors (Lipinski definition) is 2. The predicted octanol–water partition coefficient (Wildman–Crippen LogP) is 2.03. The maximum atomic E-state index is 12.6. The molecule has 0 spiro atoms. The van der Waals surface area contributed by atoms with Crippen LogP contribution < -0.4 is 5.32 Å². The lowest BCUT2D eigenvalue weighted by atomic mass is 9.88. The number of carbonyl (C=O) groups is 1. The van der Waals surface area contributed by atoms with E-state index in [2.05, 4.69) is 15.5 Å². The second-order valence-electron chi connectivity index (χ2n) is 6.61. The molecule has 1 saturated heterocycles. The van der Waals surface area contributed by atoms with Gasteiger partial charge in [-0.25, -0.2) is 4.79 Å². The minimum atomic E-state index is -0.377. The number of nitrogens with one attached hydrogen (secondary N) is 1. The van der Waals surface area contributed by atoms with Crippen molar-refractivity contribution in [2.75, 3.05) is 11.9 Å². The smallest absolute Gasteiger partial charge is 0.324 e. The van der Waals surface area contributed by atoms with Crippen LogP contribution in [0.25, 0.3) is 10.8 Å². The number of aliphatic hydroxyl groups is 1. The van der Waals surface area contributed by atoms with E-state index in [1.165, 1.54) is 11.3 Å². The number of fused-ring (bicyclic) bond motifs is 1. The summed E-state index contributed by atoms with van der Waals surface area (Å²) in [4.78, 5) is 14.4. The third-order valence-electron chi connectivity index (χ3n) is 5.48. The van der Waals surface area contributed by atoms with Crippen molar-refractivity contribution in [1.29, 1.82) is 0 Å². The van der Waals surface area contributed by atoms with E-state index in [1.54, 1.807) is 23.3 Å². The summed E-state index contributed by atoms with van der Waals surface area (Å²) in [6, 6.07) is 3.37. The van der Waals surface area contributed by atoms with Gasteiger partial charge >= 0.3 is 6.03 Å². The van der Waals surface area contributed by atoms with E-state index < -0.39 is 0 Å². The lowest BCUT2D eigenvalue weighted by Crippen LogP contribution is -2.45. The van der Waals surface area contributed by atoms with E-state index in [0.29, 0.717) is 33.7 Å². The number of aliphatic hydroxyl groups excluding tert-OH is 1. The number of anilines is 1. The van der Waals surface area contributed by atoms with E-state index in [0.717, 1.165) is 19.4 Å². The minimum absolute atomic E-state index is 0.0313. The maximum absolute atomic E-state index is 12.6. The Morgan fingerprint density at radius 1 is 1.39 bits per heavy atom. The third-order valence-corrected chi connectivity index (χ3v) is 6.33. The largest absolute Gasteiger partial charge is 0.462 e. The van der Waals surface area contributed by atoms with E-state index in [4.69, 9.17) is 4.42 Å². The molecule has 0 aromatic carbocycles. The van der Waals surface area contributed by atoms with E-state index >= 15 is 0 Å². The van der Waals surface area contributed by atoms with Crippen LogP contribution in [0.15, 0.2) is 22.8 Å². The van der Waals surface area contributed by atoms with Gasteiger partial charge in [0.25, 0.3) is 0 Å². The highest BCUT2D eigenvalue weighted by atomic mass is 32.1. The lowest BCUT2D eigenvalue weighted by Gasteiger charge is -2.28. The zero-order valence-electron chi connectivity index (χ0n) is 12.3. The van der Waals surface area contributed by atoms with Crippen molar-refractivity contribution in [2.45, 2.75) is 25.0 Å². The molecule has 23 heavy (non-hydrogen) atoms. The highest BCUT2D eigenvalue weighted by Crippen LogP contribution is 2.54. The first kappa shape index (κ1) is 13.5. The van der Waals surface area contributed by atoms with Gasteiger partial charge in [-0.2, -0.15) is 0 Å². The second kappa shape index (κ2) is 4.78. The van der Waals surface area contributed by atoms with Crippen LogP contribution >= 0.6 is 11.3 Å². The van der Waals surface area contributed by atoms with Gasteiger partial charge in [-0.1, -0.05) is 11.3 Å². The molecule has 2 amide bonds. The Morgan fingerprint density at radius 2 is 2.30 bits per heavy atom. The van der Waals surface area contributed by atoms with Crippen molar-refractivity contribution in [1.82, 2.24) is 15.1 Å². The first-order valence-electron chi connectivity index (χ1n) is 7.84. The van der Waals surface area contributed by atoms with E-state index in [9.17, 15) is 9.90 Å². The first-order valence-corrected chi connectivity index (χ1v) is 8.65. The van der Waals surface area contributed by atoms with Gasteiger partial charge in [0.15, 0.2) is 10.8 Å². The van der Waals surface area contributed by atoms with Crippen molar-refractivity contribution < 1.29 is 14.3 Å². The molecule has 2 aromatic heterocycles. The van der Waals surface area contributed by atoms with Gasteiger partial charge in [0.2, 0.25) is 5.13 Å². The monoisotopic (exact) mass is 332 g/mol. The minimum Gasteiger partial charge on any atom is -0.462 e. The molecule has 3 fully saturated rings. The van der Waals surface area contributed by atoms with Crippen LogP contribution in [-0.2, 0) is 0 Å². The first-order chi connectivity index (χ1) is 11.2. The average Bonchev–Trinajstić information content (AvgIpc) is 3.28. The van der Waals surface area contributed by atoms with Crippen LogP contribution in [0, 0.1) is 17.8 Å². The molecular formula is C15H16N4O3S. The van der Waals surface area contributed by atoms with Gasteiger partial charge in [0, 0.05) is 6.54 Å². The Bertz CT molecular complexity index is 744. The Labute approximate surface area is 136 Å². The molecule has 2 aliphatic carbocycles. The average molecular weight is 332 g/mol. The SMILES string of the molecule is O=C(Nc1nnc(-c2ccco2)s1)N1CC2CC3CC2C1C3O. The van der Waals surface area contributed by atoms with Crippen LogP contribution in [0.3, 0.4) is 0 Å². The van der Waals surface area contributed by atoms with Gasteiger partial charge in [0.05, 0.1) is 18.4 Å². The Kier molecular flexibility index (Phi) is 2.81. The van der Waals surface area contributed by atoms with E-state index in [1.807, 2.05) is 0 Å². The van der Waals surface area contributed by atoms with Crippen molar-refractivity contribution in [3.63, 3.8) is 0 Å². The number of furan rings is 1. The summed E-state index contributed by atoms with van der Waals surface area (Å²) in [6.45, 7) is 0.735. The number of rotatable bonds is 2. The summed E-state index contributed by atoms with van der Waals surface area (Å²) in [7, 11) is 0. The fourth-order valence-corrected chi connectivity index (χ4v) is 5.29. The highest BCUT2D eigenvalue weighted by Gasteiger charge is 2.60. The quantitative estimate of drug-likeness (QED) is 0.878. The summed E-state index contributed by atoms with van der Waals surface area (Å²) in [6.07, 6.45) is 3.31. The molecule has 120 valence electrons.